The zero-order chi connectivity index (χ0) is 9.68. The molecule has 1 aromatic heterocycles. The predicted molar refractivity (Wildman–Crippen MR) is 53.4 cm³/mol. The van der Waals surface area contributed by atoms with E-state index in [4.69, 9.17) is 5.73 Å². The maximum Gasteiger partial charge on any atom is 0.125 e. The van der Waals surface area contributed by atoms with Crippen molar-refractivity contribution in [3.63, 3.8) is 0 Å². The third-order valence-electron chi connectivity index (χ3n) is 1.99. The highest BCUT2D eigenvalue weighted by Gasteiger charge is 2.02. The van der Waals surface area contributed by atoms with Crippen LogP contribution in [0.1, 0.15) is 31.2 Å². The lowest BCUT2D eigenvalue weighted by Crippen LogP contribution is -2.22. The number of nitrogens with two attached hydrogens (primary N) is 1. The second-order valence-corrected chi connectivity index (χ2v) is 3.39. The van der Waals surface area contributed by atoms with Gasteiger partial charge in [0.15, 0.2) is 0 Å². The van der Waals surface area contributed by atoms with Gasteiger partial charge in [-0.3, -0.25) is 0 Å². The van der Waals surface area contributed by atoms with E-state index in [-0.39, 0.29) is 6.04 Å². The quantitative estimate of drug-likeness (QED) is 0.761. The maximum absolute atomic E-state index is 5.90. The molecule has 0 bridgehead atoms. The fourth-order valence-electron chi connectivity index (χ4n) is 1.30. The summed E-state index contributed by atoms with van der Waals surface area (Å²) in [4.78, 5) is 8.25. The van der Waals surface area contributed by atoms with E-state index in [2.05, 4.69) is 16.9 Å². The third kappa shape index (κ3) is 3.51. The van der Waals surface area contributed by atoms with Crippen molar-refractivity contribution >= 4 is 0 Å². The average molecular weight is 179 g/mol. The first-order valence-corrected chi connectivity index (χ1v) is 4.75. The standard InChI is InChI=1S/C10H17N3/c1-3-4-10(11)5-9-6-12-8(2)13-7-9/h6-7,10H,3-5,11H2,1-2H3. The Balaban J connectivity index is 2.49. The minimum Gasteiger partial charge on any atom is -0.327 e. The van der Waals surface area contributed by atoms with Crippen molar-refractivity contribution in [1.29, 1.82) is 0 Å². The van der Waals surface area contributed by atoms with E-state index in [1.807, 2.05) is 19.3 Å². The molecule has 0 amide bonds. The Hall–Kier alpha value is -0.960. The first-order valence-electron chi connectivity index (χ1n) is 4.75. The molecule has 0 saturated heterocycles. The largest absolute Gasteiger partial charge is 0.327 e. The minimum absolute atomic E-state index is 0.247. The Morgan fingerprint density at radius 1 is 1.38 bits per heavy atom. The summed E-state index contributed by atoms with van der Waals surface area (Å²) in [5, 5.41) is 0. The molecule has 0 saturated carbocycles. The van der Waals surface area contributed by atoms with Crippen LogP contribution < -0.4 is 5.73 Å². The monoisotopic (exact) mass is 179 g/mol. The number of aryl methyl sites for hydroxylation is 1. The normalized spacial score (nSPS) is 12.8. The van der Waals surface area contributed by atoms with E-state index < -0.39 is 0 Å². The van der Waals surface area contributed by atoms with E-state index >= 15 is 0 Å². The molecule has 13 heavy (non-hydrogen) atoms. The Morgan fingerprint density at radius 2 is 2.00 bits per heavy atom. The summed E-state index contributed by atoms with van der Waals surface area (Å²) < 4.78 is 0. The SMILES string of the molecule is CCCC(N)Cc1cnc(C)nc1. The van der Waals surface area contributed by atoms with Gasteiger partial charge in [-0.2, -0.15) is 0 Å². The molecule has 0 radical (unpaired) electrons. The molecular weight excluding hydrogens is 162 g/mol. The van der Waals surface area contributed by atoms with Gasteiger partial charge in [-0.25, -0.2) is 9.97 Å². The van der Waals surface area contributed by atoms with Crippen molar-refractivity contribution in [1.82, 2.24) is 9.97 Å². The lowest BCUT2D eigenvalue weighted by atomic mass is 10.1. The van der Waals surface area contributed by atoms with Gasteiger partial charge in [0.1, 0.15) is 5.82 Å². The van der Waals surface area contributed by atoms with Crippen molar-refractivity contribution in [3.8, 4) is 0 Å². The Bertz CT molecular complexity index is 243. The lowest BCUT2D eigenvalue weighted by molar-refractivity contribution is 0.598. The summed E-state index contributed by atoms with van der Waals surface area (Å²) in [6.45, 7) is 4.03. The van der Waals surface area contributed by atoms with Crippen LogP contribution in [-0.2, 0) is 6.42 Å². The first kappa shape index (κ1) is 10.1. The zero-order valence-corrected chi connectivity index (χ0v) is 8.33. The lowest BCUT2D eigenvalue weighted by Gasteiger charge is -2.09. The molecule has 0 aliphatic rings. The number of rotatable bonds is 4. The zero-order valence-electron chi connectivity index (χ0n) is 8.33. The molecule has 0 aliphatic heterocycles. The average Bonchev–Trinajstić information content (AvgIpc) is 2.09. The summed E-state index contributed by atoms with van der Waals surface area (Å²) in [7, 11) is 0. The number of hydrogen-bond acceptors (Lipinski definition) is 3. The van der Waals surface area contributed by atoms with Crippen LogP contribution in [0.25, 0.3) is 0 Å². The van der Waals surface area contributed by atoms with E-state index in [1.165, 1.54) is 0 Å². The summed E-state index contributed by atoms with van der Waals surface area (Å²) in [6.07, 6.45) is 6.80. The molecule has 3 nitrogen and oxygen atoms in total. The predicted octanol–water partition coefficient (Wildman–Crippen LogP) is 1.45. The van der Waals surface area contributed by atoms with Crippen LogP contribution >= 0.6 is 0 Å². The first-order chi connectivity index (χ1) is 6.22. The van der Waals surface area contributed by atoms with Gasteiger partial charge in [0.25, 0.3) is 0 Å². The van der Waals surface area contributed by atoms with E-state index in [0.717, 1.165) is 30.7 Å². The number of nitrogens with zero attached hydrogens (tertiary/aromatic N) is 2. The third-order valence-corrected chi connectivity index (χ3v) is 1.99. The molecule has 0 fully saturated rings. The summed E-state index contributed by atoms with van der Waals surface area (Å²) >= 11 is 0. The van der Waals surface area contributed by atoms with Crippen LogP contribution in [0.4, 0.5) is 0 Å². The number of aromatic nitrogens is 2. The minimum atomic E-state index is 0.247. The molecule has 1 aromatic rings. The number of hydrogen-bond donors (Lipinski definition) is 1. The van der Waals surface area contributed by atoms with Gasteiger partial charge in [-0.05, 0) is 25.3 Å². The van der Waals surface area contributed by atoms with Gasteiger partial charge in [0.05, 0.1) is 0 Å². The molecule has 3 heteroatoms. The highest BCUT2D eigenvalue weighted by Crippen LogP contribution is 2.03. The van der Waals surface area contributed by atoms with Crippen LogP contribution in [-0.4, -0.2) is 16.0 Å². The van der Waals surface area contributed by atoms with Crippen molar-refractivity contribution in [3.05, 3.63) is 23.8 Å². The molecule has 1 unspecified atom stereocenters. The van der Waals surface area contributed by atoms with Crippen molar-refractivity contribution in [2.24, 2.45) is 5.73 Å². The fourth-order valence-corrected chi connectivity index (χ4v) is 1.30. The van der Waals surface area contributed by atoms with Crippen molar-refractivity contribution in [2.75, 3.05) is 0 Å². The van der Waals surface area contributed by atoms with E-state index in [1.54, 1.807) is 0 Å². The molecule has 0 aliphatic carbocycles. The van der Waals surface area contributed by atoms with Crippen LogP contribution in [0.2, 0.25) is 0 Å². The summed E-state index contributed by atoms with van der Waals surface area (Å²) in [5.74, 6) is 0.813. The Labute approximate surface area is 79.4 Å². The van der Waals surface area contributed by atoms with E-state index in [0.29, 0.717) is 0 Å². The van der Waals surface area contributed by atoms with Crippen LogP contribution in [0.15, 0.2) is 12.4 Å². The molecule has 1 heterocycles. The molecule has 0 spiro atoms. The highest BCUT2D eigenvalue weighted by atomic mass is 14.8. The van der Waals surface area contributed by atoms with Crippen LogP contribution in [0.5, 0.6) is 0 Å². The second kappa shape index (κ2) is 4.92. The van der Waals surface area contributed by atoms with Gasteiger partial charge in [-0.15, -0.1) is 0 Å². The van der Waals surface area contributed by atoms with Gasteiger partial charge in [0.2, 0.25) is 0 Å². The highest BCUT2D eigenvalue weighted by molar-refractivity contribution is 5.06. The van der Waals surface area contributed by atoms with Crippen molar-refractivity contribution in [2.45, 2.75) is 39.2 Å². The van der Waals surface area contributed by atoms with Crippen LogP contribution in [0.3, 0.4) is 0 Å². The molecule has 72 valence electrons. The molecular formula is C10H17N3. The Morgan fingerprint density at radius 3 is 2.54 bits per heavy atom. The molecule has 1 rings (SSSR count). The fraction of sp³-hybridized carbons (Fsp3) is 0.600. The molecule has 2 N–H and O–H groups in total. The van der Waals surface area contributed by atoms with Crippen LogP contribution in [0, 0.1) is 6.92 Å². The van der Waals surface area contributed by atoms with Gasteiger partial charge in [0, 0.05) is 18.4 Å². The van der Waals surface area contributed by atoms with Gasteiger partial charge < -0.3 is 5.73 Å². The van der Waals surface area contributed by atoms with Gasteiger partial charge in [-0.1, -0.05) is 13.3 Å². The smallest absolute Gasteiger partial charge is 0.125 e. The summed E-state index contributed by atoms with van der Waals surface area (Å²) in [6, 6.07) is 0.247. The Kier molecular flexibility index (Phi) is 3.83. The van der Waals surface area contributed by atoms with Crippen molar-refractivity contribution < 1.29 is 0 Å². The maximum atomic E-state index is 5.90. The second-order valence-electron chi connectivity index (χ2n) is 3.39. The van der Waals surface area contributed by atoms with Gasteiger partial charge >= 0.3 is 0 Å². The molecule has 0 aromatic carbocycles. The van der Waals surface area contributed by atoms with E-state index in [9.17, 15) is 0 Å². The summed E-state index contributed by atoms with van der Waals surface area (Å²) in [5.41, 5.74) is 7.03. The molecule has 1 atom stereocenters. The topological polar surface area (TPSA) is 51.8 Å².